The maximum absolute atomic E-state index is 5.82. The molecule has 0 saturated carbocycles. The molecule has 4 rings (SSSR count). The zero-order valence-corrected chi connectivity index (χ0v) is 14.4. The number of hydrogen-bond donors (Lipinski definition) is 1. The molecule has 0 amide bonds. The van der Waals surface area contributed by atoms with Crippen molar-refractivity contribution < 1.29 is 0 Å². The summed E-state index contributed by atoms with van der Waals surface area (Å²) in [4.78, 5) is 4.83. The highest BCUT2D eigenvalue weighted by Crippen LogP contribution is 2.29. The summed E-state index contributed by atoms with van der Waals surface area (Å²) >= 11 is 2.32. The first-order valence-corrected chi connectivity index (χ1v) is 8.39. The molecule has 0 spiro atoms. The van der Waals surface area contributed by atoms with Crippen LogP contribution < -0.4 is 5.73 Å². The lowest BCUT2D eigenvalue weighted by Gasteiger charge is -2.10. The van der Waals surface area contributed by atoms with Crippen LogP contribution in [-0.2, 0) is 0 Å². The van der Waals surface area contributed by atoms with Crippen molar-refractivity contribution in [3.05, 3.63) is 76.4 Å². The van der Waals surface area contributed by atoms with Crippen LogP contribution in [0.2, 0.25) is 0 Å². The number of fused-ring (bicyclic) bond motifs is 1. The molecule has 0 fully saturated rings. The third-order valence-electron chi connectivity index (χ3n) is 3.81. The van der Waals surface area contributed by atoms with E-state index in [-0.39, 0.29) is 0 Å². The van der Waals surface area contributed by atoms with Gasteiger partial charge in [0.15, 0.2) is 0 Å². The van der Waals surface area contributed by atoms with Crippen molar-refractivity contribution >= 4 is 39.3 Å². The second-order valence-corrected chi connectivity index (χ2v) is 6.60. The van der Waals surface area contributed by atoms with Crippen molar-refractivity contribution in [1.82, 2.24) is 9.55 Å². The number of imidazole rings is 1. The first-order chi connectivity index (χ1) is 11.2. The van der Waals surface area contributed by atoms with Gasteiger partial charge in [-0.05, 0) is 83.3 Å². The predicted octanol–water partition coefficient (Wildman–Crippen LogP) is 4.88. The standard InChI is InChI=1S/C19H14IN3/c20-14-7-11-16(12-8-14)23-18-4-2-1-3-17(18)22-19(23)13-5-9-15(21)10-6-13/h1-12H,21H2. The van der Waals surface area contributed by atoms with Gasteiger partial charge in [0.25, 0.3) is 0 Å². The number of nitrogens with zero attached hydrogens (tertiary/aromatic N) is 2. The zero-order chi connectivity index (χ0) is 15.8. The lowest BCUT2D eigenvalue weighted by atomic mass is 10.2. The van der Waals surface area contributed by atoms with Gasteiger partial charge in [-0.1, -0.05) is 12.1 Å². The lowest BCUT2D eigenvalue weighted by Crippen LogP contribution is -1.97. The number of nitrogen functional groups attached to an aromatic ring is 1. The number of anilines is 1. The van der Waals surface area contributed by atoms with Gasteiger partial charge < -0.3 is 5.73 Å². The summed E-state index contributed by atoms with van der Waals surface area (Å²) in [5, 5.41) is 0. The molecule has 3 aromatic carbocycles. The number of halogens is 1. The molecule has 0 saturated heterocycles. The number of rotatable bonds is 2. The summed E-state index contributed by atoms with van der Waals surface area (Å²) in [6.07, 6.45) is 0. The van der Waals surface area contributed by atoms with E-state index in [0.29, 0.717) is 0 Å². The number of nitrogens with two attached hydrogens (primary N) is 1. The van der Waals surface area contributed by atoms with Crippen molar-refractivity contribution in [2.75, 3.05) is 5.73 Å². The third kappa shape index (κ3) is 2.59. The van der Waals surface area contributed by atoms with Gasteiger partial charge in [-0.15, -0.1) is 0 Å². The van der Waals surface area contributed by atoms with E-state index in [1.165, 1.54) is 3.57 Å². The molecule has 0 aliphatic heterocycles. The maximum atomic E-state index is 5.82. The summed E-state index contributed by atoms with van der Waals surface area (Å²) in [6.45, 7) is 0. The molecule has 0 aliphatic rings. The molecule has 0 unspecified atom stereocenters. The van der Waals surface area contributed by atoms with Gasteiger partial charge in [0.05, 0.1) is 11.0 Å². The van der Waals surface area contributed by atoms with Crippen LogP contribution in [0, 0.1) is 3.57 Å². The largest absolute Gasteiger partial charge is 0.399 e. The summed E-state index contributed by atoms with van der Waals surface area (Å²) in [5.41, 5.74) is 10.8. The second-order valence-electron chi connectivity index (χ2n) is 5.36. The Bertz CT molecular complexity index is 970. The Balaban J connectivity index is 2.01. The summed E-state index contributed by atoms with van der Waals surface area (Å²) in [5.74, 6) is 0.924. The smallest absolute Gasteiger partial charge is 0.145 e. The van der Waals surface area contributed by atoms with Crippen LogP contribution >= 0.6 is 22.6 Å². The molecule has 0 radical (unpaired) electrons. The highest BCUT2D eigenvalue weighted by atomic mass is 127. The SMILES string of the molecule is Nc1ccc(-c2nc3ccccc3n2-c2ccc(I)cc2)cc1. The van der Waals surface area contributed by atoms with Gasteiger partial charge in [0, 0.05) is 20.5 Å². The van der Waals surface area contributed by atoms with E-state index in [2.05, 4.69) is 57.5 Å². The highest BCUT2D eigenvalue weighted by molar-refractivity contribution is 14.1. The Kier molecular flexibility index (Phi) is 3.53. The minimum atomic E-state index is 0.755. The average molecular weight is 411 g/mol. The summed E-state index contributed by atoms with van der Waals surface area (Å²) in [7, 11) is 0. The average Bonchev–Trinajstić information content (AvgIpc) is 2.96. The topological polar surface area (TPSA) is 43.8 Å². The Hall–Kier alpha value is -2.34. The molecule has 0 atom stereocenters. The number of hydrogen-bond acceptors (Lipinski definition) is 2. The van der Waals surface area contributed by atoms with Crippen LogP contribution in [0.25, 0.3) is 28.1 Å². The van der Waals surface area contributed by atoms with Gasteiger partial charge in [0.1, 0.15) is 5.82 Å². The fourth-order valence-corrected chi connectivity index (χ4v) is 3.06. The van der Waals surface area contributed by atoms with Gasteiger partial charge in [0.2, 0.25) is 0 Å². The quantitative estimate of drug-likeness (QED) is 0.378. The van der Waals surface area contributed by atoms with E-state index in [1.54, 1.807) is 0 Å². The monoisotopic (exact) mass is 411 g/mol. The first kappa shape index (κ1) is 14.3. The van der Waals surface area contributed by atoms with Crippen molar-refractivity contribution in [3.63, 3.8) is 0 Å². The van der Waals surface area contributed by atoms with Crippen LogP contribution in [0.4, 0.5) is 5.69 Å². The third-order valence-corrected chi connectivity index (χ3v) is 4.53. The minimum Gasteiger partial charge on any atom is -0.399 e. The molecule has 112 valence electrons. The van der Waals surface area contributed by atoms with Crippen LogP contribution in [0.15, 0.2) is 72.8 Å². The first-order valence-electron chi connectivity index (χ1n) is 7.32. The summed E-state index contributed by atoms with van der Waals surface area (Å²) in [6, 6.07) is 24.5. The van der Waals surface area contributed by atoms with Crippen LogP contribution in [0.1, 0.15) is 0 Å². The van der Waals surface area contributed by atoms with Crippen molar-refractivity contribution in [3.8, 4) is 17.1 Å². The molecule has 0 bridgehead atoms. The molecule has 4 aromatic rings. The van der Waals surface area contributed by atoms with E-state index in [4.69, 9.17) is 10.7 Å². The zero-order valence-electron chi connectivity index (χ0n) is 12.3. The predicted molar refractivity (Wildman–Crippen MR) is 104 cm³/mol. The highest BCUT2D eigenvalue weighted by Gasteiger charge is 2.13. The van der Waals surface area contributed by atoms with Crippen LogP contribution in [0.5, 0.6) is 0 Å². The molecular formula is C19H14IN3. The normalized spacial score (nSPS) is 11.0. The van der Waals surface area contributed by atoms with Crippen molar-refractivity contribution in [2.45, 2.75) is 0 Å². The minimum absolute atomic E-state index is 0.755. The fourth-order valence-electron chi connectivity index (χ4n) is 2.70. The fraction of sp³-hybridized carbons (Fsp3) is 0. The molecule has 1 heterocycles. The Morgan fingerprint density at radius 3 is 2.26 bits per heavy atom. The van der Waals surface area contributed by atoms with E-state index in [0.717, 1.165) is 33.8 Å². The number of benzene rings is 3. The van der Waals surface area contributed by atoms with Gasteiger partial charge in [-0.25, -0.2) is 4.98 Å². The maximum Gasteiger partial charge on any atom is 0.145 e. The molecule has 2 N–H and O–H groups in total. The summed E-state index contributed by atoms with van der Waals surface area (Å²) < 4.78 is 3.40. The Morgan fingerprint density at radius 1 is 0.826 bits per heavy atom. The van der Waals surface area contributed by atoms with Gasteiger partial charge >= 0.3 is 0 Å². The van der Waals surface area contributed by atoms with E-state index >= 15 is 0 Å². The van der Waals surface area contributed by atoms with E-state index in [9.17, 15) is 0 Å². The van der Waals surface area contributed by atoms with E-state index in [1.807, 2.05) is 42.5 Å². The van der Waals surface area contributed by atoms with Crippen molar-refractivity contribution in [2.24, 2.45) is 0 Å². The van der Waals surface area contributed by atoms with Gasteiger partial charge in [-0.3, -0.25) is 4.57 Å². The number of aromatic nitrogens is 2. The second kappa shape index (κ2) is 5.70. The Labute approximate surface area is 147 Å². The Morgan fingerprint density at radius 2 is 1.52 bits per heavy atom. The van der Waals surface area contributed by atoms with Crippen LogP contribution in [-0.4, -0.2) is 9.55 Å². The molecule has 1 aromatic heterocycles. The lowest BCUT2D eigenvalue weighted by molar-refractivity contribution is 1.10. The molecule has 23 heavy (non-hydrogen) atoms. The van der Waals surface area contributed by atoms with Crippen molar-refractivity contribution in [1.29, 1.82) is 0 Å². The van der Waals surface area contributed by atoms with E-state index < -0.39 is 0 Å². The molecular weight excluding hydrogens is 397 g/mol. The number of para-hydroxylation sites is 2. The molecule has 3 nitrogen and oxygen atoms in total. The van der Waals surface area contributed by atoms with Gasteiger partial charge in [-0.2, -0.15) is 0 Å². The molecule has 4 heteroatoms. The molecule has 0 aliphatic carbocycles. The van der Waals surface area contributed by atoms with Crippen LogP contribution in [0.3, 0.4) is 0 Å².